The second-order valence-electron chi connectivity index (χ2n) is 5.38. The molecule has 0 saturated heterocycles. The van der Waals surface area contributed by atoms with Gasteiger partial charge in [-0.25, -0.2) is 0 Å². The normalized spacial score (nSPS) is 12.6. The van der Waals surface area contributed by atoms with E-state index in [-0.39, 0.29) is 5.38 Å². The quantitative estimate of drug-likeness (QED) is 0.455. The fraction of sp³-hybridized carbons (Fsp3) is 0.158. The van der Waals surface area contributed by atoms with Crippen LogP contribution in [0.2, 0.25) is 0 Å². The molecule has 0 aliphatic rings. The average Bonchev–Trinajstić information content (AvgIpc) is 2.49. The summed E-state index contributed by atoms with van der Waals surface area (Å²) < 4.78 is 1.06. The molecule has 0 fully saturated rings. The number of alkyl halides is 1. The van der Waals surface area contributed by atoms with Gasteiger partial charge in [0.15, 0.2) is 0 Å². The fourth-order valence-electron chi connectivity index (χ4n) is 2.78. The number of hydrogen-bond acceptors (Lipinski definition) is 0. The zero-order valence-electron chi connectivity index (χ0n) is 12.0. The molecule has 21 heavy (non-hydrogen) atoms. The maximum atomic E-state index is 6.87. The fourth-order valence-corrected chi connectivity index (χ4v) is 3.68. The highest BCUT2D eigenvalue weighted by Gasteiger charge is 2.18. The summed E-state index contributed by atoms with van der Waals surface area (Å²) in [6, 6.07) is 19.0. The van der Waals surface area contributed by atoms with Gasteiger partial charge < -0.3 is 0 Å². The van der Waals surface area contributed by atoms with Crippen molar-refractivity contribution >= 4 is 38.3 Å². The van der Waals surface area contributed by atoms with Crippen LogP contribution in [0.3, 0.4) is 0 Å². The van der Waals surface area contributed by atoms with E-state index in [1.54, 1.807) is 0 Å². The molecule has 0 aliphatic heterocycles. The van der Waals surface area contributed by atoms with Crippen molar-refractivity contribution in [1.82, 2.24) is 0 Å². The summed E-state index contributed by atoms with van der Waals surface area (Å²) in [5.41, 5.74) is 4.81. The van der Waals surface area contributed by atoms with E-state index < -0.39 is 0 Å². The van der Waals surface area contributed by atoms with Gasteiger partial charge in [-0.2, -0.15) is 0 Å². The molecule has 0 aromatic heterocycles. The van der Waals surface area contributed by atoms with Crippen LogP contribution in [0.15, 0.2) is 59.1 Å². The van der Waals surface area contributed by atoms with Crippen molar-refractivity contribution in [3.63, 3.8) is 0 Å². The van der Waals surface area contributed by atoms with E-state index in [0.717, 1.165) is 10.0 Å². The highest BCUT2D eigenvalue weighted by Crippen LogP contribution is 2.38. The lowest BCUT2D eigenvalue weighted by Crippen LogP contribution is -2.00. The van der Waals surface area contributed by atoms with E-state index in [1.807, 2.05) is 0 Å². The van der Waals surface area contributed by atoms with Gasteiger partial charge in [-0.15, -0.1) is 11.6 Å². The topological polar surface area (TPSA) is 0 Å². The molecule has 3 rings (SSSR count). The van der Waals surface area contributed by atoms with Crippen LogP contribution in [0.5, 0.6) is 0 Å². The summed E-state index contributed by atoms with van der Waals surface area (Å²) in [5, 5.41) is 2.32. The number of fused-ring (bicyclic) bond motifs is 1. The number of benzene rings is 3. The summed E-state index contributed by atoms with van der Waals surface area (Å²) in [5.74, 6) is 0. The van der Waals surface area contributed by atoms with Crippen LogP contribution in [-0.2, 0) is 0 Å². The van der Waals surface area contributed by atoms with Crippen molar-refractivity contribution in [1.29, 1.82) is 0 Å². The van der Waals surface area contributed by atoms with Crippen LogP contribution in [0.25, 0.3) is 10.8 Å². The molecule has 0 radical (unpaired) electrons. The van der Waals surface area contributed by atoms with Crippen LogP contribution in [0.4, 0.5) is 0 Å². The number of aryl methyl sites for hydroxylation is 2. The lowest BCUT2D eigenvalue weighted by molar-refractivity contribution is 1.10. The lowest BCUT2D eigenvalue weighted by atomic mass is 9.92. The van der Waals surface area contributed by atoms with Crippen LogP contribution < -0.4 is 0 Å². The van der Waals surface area contributed by atoms with E-state index in [1.165, 1.54) is 27.5 Å². The lowest BCUT2D eigenvalue weighted by Gasteiger charge is -2.18. The van der Waals surface area contributed by atoms with Gasteiger partial charge in [0.05, 0.1) is 5.38 Å². The summed E-state index contributed by atoms with van der Waals surface area (Å²) in [7, 11) is 0. The molecule has 0 nitrogen and oxygen atoms in total. The second kappa shape index (κ2) is 5.82. The average molecular weight is 360 g/mol. The molecule has 1 atom stereocenters. The minimum atomic E-state index is -0.145. The van der Waals surface area contributed by atoms with E-state index in [9.17, 15) is 0 Å². The Morgan fingerprint density at radius 2 is 1.62 bits per heavy atom. The van der Waals surface area contributed by atoms with Crippen molar-refractivity contribution in [3.05, 3.63) is 81.3 Å². The van der Waals surface area contributed by atoms with E-state index in [2.05, 4.69) is 84.4 Å². The summed E-state index contributed by atoms with van der Waals surface area (Å²) in [6.07, 6.45) is 0. The van der Waals surface area contributed by atoms with Crippen LogP contribution in [0, 0.1) is 13.8 Å². The SMILES string of the molecule is Cc1ccc(Br)cc1C(Cl)c1c(C)ccc2ccccc12. The van der Waals surface area contributed by atoms with Gasteiger partial charge >= 0.3 is 0 Å². The van der Waals surface area contributed by atoms with E-state index in [0.29, 0.717) is 0 Å². The standard InChI is InChI=1S/C19H16BrCl/c1-12-8-10-15(20)11-17(12)19(21)18-13(2)7-9-14-5-3-4-6-16(14)18/h3-11,19H,1-2H3. The minimum absolute atomic E-state index is 0.145. The maximum absolute atomic E-state index is 6.87. The second-order valence-corrected chi connectivity index (χ2v) is 6.73. The molecule has 0 spiro atoms. The van der Waals surface area contributed by atoms with Crippen molar-refractivity contribution in [2.24, 2.45) is 0 Å². The first kappa shape index (κ1) is 14.6. The molecular weight excluding hydrogens is 344 g/mol. The van der Waals surface area contributed by atoms with E-state index >= 15 is 0 Å². The minimum Gasteiger partial charge on any atom is -0.113 e. The molecule has 0 N–H and O–H groups in total. The number of rotatable bonds is 2. The first-order valence-corrected chi connectivity index (χ1v) is 8.19. The Morgan fingerprint density at radius 3 is 2.43 bits per heavy atom. The molecule has 3 aromatic rings. The molecule has 0 heterocycles. The molecule has 0 aliphatic carbocycles. The third-order valence-electron chi connectivity index (χ3n) is 3.96. The monoisotopic (exact) mass is 358 g/mol. The Morgan fingerprint density at radius 1 is 0.905 bits per heavy atom. The first-order chi connectivity index (χ1) is 10.1. The maximum Gasteiger partial charge on any atom is 0.0846 e. The Kier molecular flexibility index (Phi) is 4.05. The van der Waals surface area contributed by atoms with Crippen molar-refractivity contribution in [2.75, 3.05) is 0 Å². The Bertz CT molecular complexity index is 808. The van der Waals surface area contributed by atoms with Gasteiger partial charge in [-0.1, -0.05) is 58.4 Å². The molecule has 0 bridgehead atoms. The van der Waals surface area contributed by atoms with Gasteiger partial charge in [0.25, 0.3) is 0 Å². The van der Waals surface area contributed by atoms with Crippen molar-refractivity contribution < 1.29 is 0 Å². The Balaban J connectivity index is 2.24. The van der Waals surface area contributed by atoms with Gasteiger partial charge in [0, 0.05) is 4.47 Å². The van der Waals surface area contributed by atoms with Crippen molar-refractivity contribution in [2.45, 2.75) is 19.2 Å². The number of halogens is 2. The summed E-state index contributed by atoms with van der Waals surface area (Å²) in [6.45, 7) is 4.24. The molecule has 3 aromatic carbocycles. The first-order valence-electron chi connectivity index (χ1n) is 6.96. The molecule has 106 valence electrons. The third kappa shape index (κ3) is 2.73. The van der Waals surface area contributed by atoms with Crippen molar-refractivity contribution in [3.8, 4) is 0 Å². The third-order valence-corrected chi connectivity index (χ3v) is 4.90. The largest absolute Gasteiger partial charge is 0.113 e. The summed E-state index contributed by atoms with van der Waals surface area (Å²) >= 11 is 10.4. The van der Waals surface area contributed by atoms with Gasteiger partial charge in [-0.05, 0) is 59.0 Å². The zero-order valence-corrected chi connectivity index (χ0v) is 14.4. The molecular formula is C19H16BrCl. The molecule has 0 amide bonds. The number of hydrogen-bond donors (Lipinski definition) is 0. The van der Waals surface area contributed by atoms with Gasteiger partial charge in [0.1, 0.15) is 0 Å². The van der Waals surface area contributed by atoms with Crippen LogP contribution >= 0.6 is 27.5 Å². The molecule has 0 saturated carbocycles. The summed E-state index contributed by atoms with van der Waals surface area (Å²) in [4.78, 5) is 0. The highest BCUT2D eigenvalue weighted by atomic mass is 79.9. The van der Waals surface area contributed by atoms with Gasteiger partial charge in [0.2, 0.25) is 0 Å². The van der Waals surface area contributed by atoms with E-state index in [4.69, 9.17) is 11.6 Å². The Hall–Kier alpha value is -1.31. The predicted octanol–water partition coefficient (Wildman–Crippen LogP) is 6.55. The molecule has 2 heteroatoms. The predicted molar refractivity (Wildman–Crippen MR) is 95.3 cm³/mol. The Labute approximate surface area is 138 Å². The smallest absolute Gasteiger partial charge is 0.0846 e. The van der Waals surface area contributed by atoms with Gasteiger partial charge in [-0.3, -0.25) is 0 Å². The highest BCUT2D eigenvalue weighted by molar-refractivity contribution is 9.10. The van der Waals surface area contributed by atoms with Crippen LogP contribution in [-0.4, -0.2) is 0 Å². The zero-order chi connectivity index (χ0) is 15.0. The molecule has 1 unspecified atom stereocenters. The van der Waals surface area contributed by atoms with Crippen LogP contribution in [0.1, 0.15) is 27.6 Å².